The van der Waals surface area contributed by atoms with Gasteiger partial charge < -0.3 is 20.6 Å². The minimum atomic E-state index is -0.369. The molecule has 7 heteroatoms. The van der Waals surface area contributed by atoms with E-state index in [4.69, 9.17) is 0 Å². The van der Waals surface area contributed by atoms with Crippen LogP contribution >= 0.6 is 24.8 Å². The smallest absolute Gasteiger partial charge is 0.237 e. The number of β-amino-alcohol motifs (C(OH)–C–C–N with tert-alkyl or cyclic N) is 1. The fourth-order valence-electron chi connectivity index (χ4n) is 2.84. The second kappa shape index (κ2) is 10.6. The van der Waals surface area contributed by atoms with Crippen LogP contribution in [0.5, 0.6) is 0 Å². The number of carbonyl (C=O) groups is 1. The molecule has 2 atom stereocenters. The Hall–Kier alpha value is -0.0700. The highest BCUT2D eigenvalue weighted by Gasteiger charge is 2.27. The summed E-state index contributed by atoms with van der Waals surface area (Å²) in [6.07, 6.45) is 3.78. The molecule has 1 amide bonds. The van der Waals surface area contributed by atoms with Gasteiger partial charge in [0.15, 0.2) is 0 Å². The maximum Gasteiger partial charge on any atom is 0.237 e. The van der Waals surface area contributed by atoms with Crippen LogP contribution in [0.2, 0.25) is 0 Å². The third-order valence-corrected chi connectivity index (χ3v) is 4.25. The number of aliphatic hydroxyl groups excluding tert-OH is 1. The predicted molar refractivity (Wildman–Crippen MR) is 89.4 cm³/mol. The SMILES string of the molecule is CC1CCN(CCCNC(=O)C2CC(O)CN2)CC1.Cl.Cl. The van der Waals surface area contributed by atoms with Gasteiger partial charge in [-0.3, -0.25) is 4.79 Å². The van der Waals surface area contributed by atoms with Crippen molar-refractivity contribution in [1.82, 2.24) is 15.5 Å². The van der Waals surface area contributed by atoms with Gasteiger partial charge in [0, 0.05) is 13.1 Å². The fourth-order valence-corrected chi connectivity index (χ4v) is 2.84. The maximum atomic E-state index is 11.8. The van der Waals surface area contributed by atoms with Crippen molar-refractivity contribution in [1.29, 1.82) is 0 Å². The van der Waals surface area contributed by atoms with E-state index in [9.17, 15) is 9.90 Å². The molecule has 2 saturated heterocycles. The number of carbonyl (C=O) groups excluding carboxylic acids is 1. The molecule has 0 saturated carbocycles. The number of nitrogens with zero attached hydrogens (tertiary/aromatic N) is 1. The molecule has 0 aromatic heterocycles. The van der Waals surface area contributed by atoms with Gasteiger partial charge in [0.2, 0.25) is 5.91 Å². The number of hydrogen-bond donors (Lipinski definition) is 3. The van der Waals surface area contributed by atoms with Gasteiger partial charge in [-0.15, -0.1) is 24.8 Å². The molecule has 3 N–H and O–H groups in total. The molecule has 0 bridgehead atoms. The molecule has 2 fully saturated rings. The van der Waals surface area contributed by atoms with Gasteiger partial charge in [-0.05, 0) is 51.2 Å². The maximum absolute atomic E-state index is 11.8. The molecule has 2 aliphatic heterocycles. The zero-order valence-corrected chi connectivity index (χ0v) is 14.3. The topological polar surface area (TPSA) is 64.6 Å². The highest BCUT2D eigenvalue weighted by atomic mass is 35.5. The van der Waals surface area contributed by atoms with E-state index in [0.717, 1.165) is 25.4 Å². The Morgan fingerprint density at radius 1 is 1.33 bits per heavy atom. The quantitative estimate of drug-likeness (QED) is 0.647. The monoisotopic (exact) mass is 341 g/mol. The lowest BCUT2D eigenvalue weighted by atomic mass is 9.99. The molecule has 2 heterocycles. The van der Waals surface area contributed by atoms with Gasteiger partial charge >= 0.3 is 0 Å². The molecule has 21 heavy (non-hydrogen) atoms. The lowest BCUT2D eigenvalue weighted by molar-refractivity contribution is -0.122. The molecule has 0 spiro atoms. The fraction of sp³-hybridized carbons (Fsp3) is 0.929. The first kappa shape index (κ1) is 20.9. The first-order valence-corrected chi connectivity index (χ1v) is 7.56. The van der Waals surface area contributed by atoms with Gasteiger partial charge in [-0.25, -0.2) is 0 Å². The minimum absolute atomic E-state index is 0. The summed E-state index contributed by atoms with van der Waals surface area (Å²) >= 11 is 0. The molecule has 2 rings (SSSR count). The second-order valence-corrected chi connectivity index (χ2v) is 6.02. The standard InChI is InChI=1S/C14H27N3O2.2ClH/c1-11-3-7-17(8-4-11)6-2-5-15-14(19)13-9-12(18)10-16-13;;/h11-13,16,18H,2-10H2,1H3,(H,15,19);2*1H. The van der Waals surface area contributed by atoms with E-state index in [1.165, 1.54) is 25.9 Å². The van der Waals surface area contributed by atoms with Crippen LogP contribution in [0.25, 0.3) is 0 Å². The number of aliphatic hydroxyl groups is 1. The van der Waals surface area contributed by atoms with Crippen LogP contribution in [0.4, 0.5) is 0 Å². The average molecular weight is 342 g/mol. The number of rotatable bonds is 5. The van der Waals surface area contributed by atoms with Crippen molar-refractivity contribution in [3.63, 3.8) is 0 Å². The molecule has 2 unspecified atom stereocenters. The normalized spacial score (nSPS) is 26.8. The van der Waals surface area contributed by atoms with Crippen molar-refractivity contribution >= 4 is 30.7 Å². The summed E-state index contributed by atoms with van der Waals surface area (Å²) in [5.74, 6) is 0.902. The Kier molecular flexibility index (Phi) is 10.6. The molecule has 5 nitrogen and oxygen atoms in total. The van der Waals surface area contributed by atoms with E-state index in [0.29, 0.717) is 13.0 Å². The van der Waals surface area contributed by atoms with Crippen LogP contribution in [0, 0.1) is 5.92 Å². The van der Waals surface area contributed by atoms with Crippen LogP contribution in [-0.2, 0) is 4.79 Å². The lowest BCUT2D eigenvalue weighted by Gasteiger charge is -2.30. The van der Waals surface area contributed by atoms with Crippen LogP contribution in [-0.4, -0.2) is 60.8 Å². The van der Waals surface area contributed by atoms with Crippen LogP contribution in [0.3, 0.4) is 0 Å². The van der Waals surface area contributed by atoms with E-state index in [-0.39, 0.29) is 42.9 Å². The third-order valence-electron chi connectivity index (χ3n) is 4.25. The van der Waals surface area contributed by atoms with Crippen molar-refractivity contribution in [3.05, 3.63) is 0 Å². The van der Waals surface area contributed by atoms with Gasteiger partial charge in [-0.2, -0.15) is 0 Å². The Labute approximate surface area is 140 Å². The Morgan fingerprint density at radius 2 is 2.00 bits per heavy atom. The summed E-state index contributed by atoms with van der Waals surface area (Å²) < 4.78 is 0. The van der Waals surface area contributed by atoms with Gasteiger partial charge in [-0.1, -0.05) is 6.92 Å². The third kappa shape index (κ3) is 7.15. The minimum Gasteiger partial charge on any atom is -0.392 e. The van der Waals surface area contributed by atoms with Crippen LogP contribution in [0.1, 0.15) is 32.6 Å². The van der Waals surface area contributed by atoms with E-state index in [1.807, 2.05) is 0 Å². The molecule has 0 aromatic rings. The molecule has 126 valence electrons. The molecule has 0 aliphatic carbocycles. The number of nitrogens with one attached hydrogen (secondary N) is 2. The Balaban J connectivity index is 0.00000200. The highest BCUT2D eigenvalue weighted by molar-refractivity contribution is 5.85. The van der Waals surface area contributed by atoms with Crippen molar-refractivity contribution in [3.8, 4) is 0 Å². The average Bonchev–Trinajstić information content (AvgIpc) is 2.83. The zero-order valence-electron chi connectivity index (χ0n) is 12.7. The van der Waals surface area contributed by atoms with E-state index in [1.54, 1.807) is 0 Å². The molecule has 2 aliphatic rings. The summed E-state index contributed by atoms with van der Waals surface area (Å²) in [5, 5.41) is 15.3. The largest absolute Gasteiger partial charge is 0.392 e. The lowest BCUT2D eigenvalue weighted by Crippen LogP contribution is -2.41. The Morgan fingerprint density at radius 3 is 2.57 bits per heavy atom. The van der Waals surface area contributed by atoms with E-state index in [2.05, 4.69) is 22.5 Å². The zero-order chi connectivity index (χ0) is 13.7. The second-order valence-electron chi connectivity index (χ2n) is 6.02. The van der Waals surface area contributed by atoms with Crippen molar-refractivity contribution in [2.24, 2.45) is 5.92 Å². The molecule has 0 radical (unpaired) electrons. The number of hydrogen-bond acceptors (Lipinski definition) is 4. The predicted octanol–water partition coefficient (Wildman–Crippen LogP) is 0.791. The summed E-state index contributed by atoms with van der Waals surface area (Å²) in [6, 6.07) is -0.203. The first-order chi connectivity index (χ1) is 9.15. The first-order valence-electron chi connectivity index (χ1n) is 7.56. The van der Waals surface area contributed by atoms with Gasteiger partial charge in [0.05, 0.1) is 12.1 Å². The highest BCUT2D eigenvalue weighted by Crippen LogP contribution is 2.15. The van der Waals surface area contributed by atoms with E-state index < -0.39 is 0 Å². The van der Waals surface area contributed by atoms with E-state index >= 15 is 0 Å². The number of likely N-dealkylation sites (tertiary alicyclic amines) is 1. The van der Waals surface area contributed by atoms with Crippen molar-refractivity contribution < 1.29 is 9.90 Å². The molecule has 0 aromatic carbocycles. The van der Waals surface area contributed by atoms with Gasteiger partial charge in [0.1, 0.15) is 0 Å². The van der Waals surface area contributed by atoms with Crippen LogP contribution < -0.4 is 10.6 Å². The number of halogens is 2. The van der Waals surface area contributed by atoms with Gasteiger partial charge in [0.25, 0.3) is 0 Å². The summed E-state index contributed by atoms with van der Waals surface area (Å²) in [6.45, 7) is 7.06. The van der Waals surface area contributed by atoms with Crippen LogP contribution in [0.15, 0.2) is 0 Å². The Bertz CT molecular complexity index is 300. The summed E-state index contributed by atoms with van der Waals surface area (Å²) in [4.78, 5) is 14.3. The number of amides is 1. The number of piperidine rings is 1. The van der Waals surface area contributed by atoms with Crippen molar-refractivity contribution in [2.75, 3.05) is 32.7 Å². The molecular weight excluding hydrogens is 313 g/mol. The summed E-state index contributed by atoms with van der Waals surface area (Å²) in [7, 11) is 0. The van der Waals surface area contributed by atoms with Crippen molar-refractivity contribution in [2.45, 2.75) is 44.8 Å². The molecular formula is C14H29Cl2N3O2. The summed E-state index contributed by atoms with van der Waals surface area (Å²) in [5.41, 5.74) is 0.